The van der Waals surface area contributed by atoms with E-state index in [0.717, 1.165) is 12.5 Å². The summed E-state index contributed by atoms with van der Waals surface area (Å²) in [5.74, 6) is -3.96. The van der Waals surface area contributed by atoms with E-state index in [1.165, 1.54) is 18.2 Å². The fourth-order valence-corrected chi connectivity index (χ4v) is 8.42. The number of allylic oxidation sites excluding steroid dienone is 1. The molecule has 18 heteroatoms. The van der Waals surface area contributed by atoms with Gasteiger partial charge in [-0.2, -0.15) is 0 Å². The number of methoxy groups -OCH3 is 1. The molecule has 0 saturated carbocycles. The minimum atomic E-state index is -3.67. The van der Waals surface area contributed by atoms with Gasteiger partial charge in [0.15, 0.2) is 27.2 Å². The smallest absolute Gasteiger partial charge is 0.316 e. The van der Waals surface area contributed by atoms with E-state index in [1.54, 1.807) is 36.0 Å². The predicted molar refractivity (Wildman–Crippen MR) is 200 cm³/mol. The zero-order valence-corrected chi connectivity index (χ0v) is 32.2. The summed E-state index contributed by atoms with van der Waals surface area (Å²) >= 11 is 0. The number of sulfone groups is 1. The number of amides is 2. The van der Waals surface area contributed by atoms with Gasteiger partial charge in [-0.3, -0.25) is 19.3 Å². The second-order valence-corrected chi connectivity index (χ2v) is 16.7. The molecule has 2 atom stereocenters. The van der Waals surface area contributed by atoms with E-state index in [9.17, 15) is 27.2 Å². The molecule has 296 valence electrons. The third-order valence-electron chi connectivity index (χ3n) is 10.1. The van der Waals surface area contributed by atoms with Crippen LogP contribution in [-0.4, -0.2) is 98.0 Å². The summed E-state index contributed by atoms with van der Waals surface area (Å²) in [7, 11) is -0.680. The molecule has 1 unspecified atom stereocenters. The van der Waals surface area contributed by atoms with Crippen molar-refractivity contribution in [3.8, 4) is 5.88 Å². The Balaban J connectivity index is 1.17. The lowest BCUT2D eigenvalue weighted by Gasteiger charge is -2.27. The van der Waals surface area contributed by atoms with Crippen LogP contribution >= 0.6 is 0 Å². The minimum absolute atomic E-state index is 0.0596. The zero-order chi connectivity index (χ0) is 40.1. The zero-order valence-electron chi connectivity index (χ0n) is 31.4. The van der Waals surface area contributed by atoms with Gasteiger partial charge in [0.05, 0.1) is 24.6 Å². The maximum atomic E-state index is 15.0. The summed E-state index contributed by atoms with van der Waals surface area (Å²) in [5, 5.41) is 10.9. The molecule has 1 aromatic carbocycles. The van der Waals surface area contributed by atoms with Crippen LogP contribution in [-0.2, 0) is 32.2 Å². The summed E-state index contributed by atoms with van der Waals surface area (Å²) in [6, 6.07) is 3.58. The number of likely N-dealkylation sites (tertiary alicyclic amines) is 1. The number of carbonyl (C=O) groups excluding carboxylic acids is 3. The number of aromatic nitrogens is 3. The molecule has 3 aliphatic rings. The first-order chi connectivity index (χ1) is 26.6. The molecule has 0 spiro atoms. The molecule has 2 N–H and O–H groups in total. The lowest BCUT2D eigenvalue weighted by molar-refractivity contribution is -0.144. The molecule has 6 heterocycles. The fourth-order valence-electron chi connectivity index (χ4n) is 7.63. The van der Waals surface area contributed by atoms with Gasteiger partial charge in [-0.05, 0) is 35.2 Å². The van der Waals surface area contributed by atoms with E-state index < -0.39 is 50.9 Å². The molecule has 1 fully saturated rings. The maximum Gasteiger partial charge on any atom is 0.316 e. The number of hydrogen-bond acceptors (Lipinski definition) is 12. The molecule has 0 bridgehead atoms. The molecule has 3 aromatic heterocycles. The molecule has 4 aromatic rings. The first-order valence-corrected chi connectivity index (χ1v) is 20.0. The minimum Gasteiger partial charge on any atom is -0.474 e. The Hall–Kier alpha value is -5.62. The highest BCUT2D eigenvalue weighted by molar-refractivity contribution is 7.89. The summed E-state index contributed by atoms with van der Waals surface area (Å²) in [5.41, 5.74) is 1.51. The average molecular weight is 794 g/mol. The lowest BCUT2D eigenvalue weighted by atomic mass is 9.88. The number of rotatable bonds is 12. The first-order valence-electron chi connectivity index (χ1n) is 18.0. The van der Waals surface area contributed by atoms with Crippen LogP contribution in [0.4, 0.5) is 14.6 Å². The molecule has 3 aliphatic heterocycles. The van der Waals surface area contributed by atoms with Crippen LogP contribution < -0.4 is 20.3 Å². The van der Waals surface area contributed by atoms with Crippen molar-refractivity contribution < 1.29 is 45.6 Å². The fraction of sp³-hybridized carbons (Fsp3) is 0.395. The van der Waals surface area contributed by atoms with Crippen molar-refractivity contribution in [3.63, 3.8) is 0 Å². The Labute approximate surface area is 321 Å². The molecular formula is C38H41F2N7O8S. The van der Waals surface area contributed by atoms with E-state index >= 15 is 4.39 Å². The number of esters is 1. The topological polar surface area (TPSA) is 178 Å². The monoisotopic (exact) mass is 793 g/mol. The van der Waals surface area contributed by atoms with Crippen LogP contribution in [0.5, 0.6) is 5.88 Å². The summed E-state index contributed by atoms with van der Waals surface area (Å²) < 4.78 is 72.2. The number of nitrogens with zero attached hydrogens (tertiary/aromatic N) is 5. The largest absolute Gasteiger partial charge is 0.474 e. The lowest BCUT2D eigenvalue weighted by Crippen LogP contribution is -2.38. The summed E-state index contributed by atoms with van der Waals surface area (Å²) in [4.78, 5) is 48.0. The second-order valence-electron chi connectivity index (χ2n) is 14.6. The highest BCUT2D eigenvalue weighted by atomic mass is 32.2. The molecule has 0 aliphatic carbocycles. The molecular weight excluding hydrogens is 753 g/mol. The van der Waals surface area contributed by atoms with Gasteiger partial charge >= 0.3 is 5.97 Å². The molecule has 7 rings (SSSR count). The summed E-state index contributed by atoms with van der Waals surface area (Å²) in [6.07, 6.45) is 7.41. The number of benzene rings is 1. The Morgan fingerprint density at radius 3 is 2.70 bits per heavy atom. The van der Waals surface area contributed by atoms with Gasteiger partial charge in [0.2, 0.25) is 0 Å². The van der Waals surface area contributed by atoms with Gasteiger partial charge in [0.25, 0.3) is 17.7 Å². The van der Waals surface area contributed by atoms with Crippen molar-refractivity contribution >= 4 is 49.8 Å². The molecule has 0 radical (unpaired) electrons. The molecule has 56 heavy (non-hydrogen) atoms. The van der Waals surface area contributed by atoms with E-state index in [4.69, 9.17) is 14.0 Å². The van der Waals surface area contributed by atoms with Gasteiger partial charge in [0, 0.05) is 97.7 Å². The van der Waals surface area contributed by atoms with Crippen molar-refractivity contribution in [2.45, 2.75) is 38.0 Å². The van der Waals surface area contributed by atoms with Gasteiger partial charge in [0.1, 0.15) is 24.0 Å². The predicted octanol–water partition coefficient (Wildman–Crippen LogP) is 3.67. The van der Waals surface area contributed by atoms with Crippen LogP contribution in [0.2, 0.25) is 0 Å². The third kappa shape index (κ3) is 7.62. The number of nitrogens with one attached hydrogen (secondary N) is 2. The number of halogens is 2. The normalized spacial score (nSPS) is 17.6. The standard InChI is InChI=1S/C38H41F2N7O8S/c1-20(2)30(38(50)53-4)28-14-29(44-55-28)54-11-10-46-8-6-24(17-46)42-36(48)32-22(19-56(5,51)52)12-21-16-45(3)34-31(21)33(32)25-18-47(9-7-27(25)43-37(34)49)35-26(40)13-23(39)15-41-35/h7,12-16,18,20,24,30H,6,8-11,17,19H2,1-5H3,(H,42,48)(H,43,49)/t24-,30?/m0/s1. The number of pyridine rings is 1. The second kappa shape index (κ2) is 15.1. The van der Waals surface area contributed by atoms with Crippen LogP contribution in [0.15, 0.2) is 53.1 Å². The van der Waals surface area contributed by atoms with Crippen LogP contribution in [0.1, 0.15) is 63.9 Å². The van der Waals surface area contributed by atoms with Gasteiger partial charge in [-0.1, -0.05) is 13.8 Å². The van der Waals surface area contributed by atoms with Crippen LogP contribution in [0.3, 0.4) is 0 Å². The van der Waals surface area contributed by atoms with E-state index in [1.807, 2.05) is 13.8 Å². The Morgan fingerprint density at radius 2 is 1.98 bits per heavy atom. The van der Waals surface area contributed by atoms with Crippen molar-refractivity contribution in [2.24, 2.45) is 13.0 Å². The van der Waals surface area contributed by atoms with Crippen molar-refractivity contribution in [1.29, 1.82) is 0 Å². The highest BCUT2D eigenvalue weighted by Crippen LogP contribution is 2.42. The Kier molecular flexibility index (Phi) is 10.4. The number of hydrogen-bond donors (Lipinski definition) is 2. The molecule has 15 nitrogen and oxygen atoms in total. The number of ether oxygens (including phenoxy) is 2. The van der Waals surface area contributed by atoms with E-state index in [-0.39, 0.29) is 53.6 Å². The van der Waals surface area contributed by atoms with Crippen LogP contribution in [0.25, 0.3) is 16.3 Å². The number of anilines is 1. The Bertz CT molecular complexity index is 2420. The summed E-state index contributed by atoms with van der Waals surface area (Å²) in [6.45, 7) is 5.63. The first kappa shape index (κ1) is 38.6. The van der Waals surface area contributed by atoms with Gasteiger partial charge < -0.3 is 34.1 Å². The highest BCUT2D eigenvalue weighted by Gasteiger charge is 2.36. The molecule has 1 saturated heterocycles. The van der Waals surface area contributed by atoms with Crippen molar-refractivity contribution in [3.05, 3.63) is 88.3 Å². The van der Waals surface area contributed by atoms with Crippen molar-refractivity contribution in [2.75, 3.05) is 51.1 Å². The maximum absolute atomic E-state index is 15.0. The van der Waals surface area contributed by atoms with E-state index in [2.05, 4.69) is 25.7 Å². The molecule has 2 amide bonds. The quantitative estimate of drug-likeness (QED) is 0.199. The van der Waals surface area contributed by atoms with Gasteiger partial charge in [-0.25, -0.2) is 22.2 Å². The Morgan fingerprint density at radius 1 is 1.20 bits per heavy atom. The number of aryl methyl sites for hydroxylation is 1. The SMILES string of the molecule is COC(=O)C(c1cc(OCCN2CC[C@H](NC(=O)c3c(CS(C)(=O)=O)cc4cn(C)c5c4c3C3=CN(c4ncc(F)cc4F)CC=C3NC5=O)C2)no1)C(C)C. The number of carbonyl (C=O) groups is 3. The van der Waals surface area contributed by atoms with Crippen molar-refractivity contribution in [1.82, 2.24) is 30.2 Å². The van der Waals surface area contributed by atoms with E-state index in [0.29, 0.717) is 65.5 Å². The van der Waals surface area contributed by atoms with Crippen LogP contribution in [0, 0.1) is 17.6 Å². The number of fused-ring (bicyclic) bond motifs is 2. The average Bonchev–Trinajstić information content (AvgIpc) is 3.83. The van der Waals surface area contributed by atoms with Gasteiger partial charge in [-0.15, -0.1) is 0 Å². The third-order valence-corrected chi connectivity index (χ3v) is 10.9.